The minimum Gasteiger partial charge on any atom is -0.362 e. The van der Waals surface area contributed by atoms with Crippen molar-refractivity contribution in [3.63, 3.8) is 0 Å². The lowest BCUT2D eigenvalue weighted by atomic mass is 10.2. The Morgan fingerprint density at radius 2 is 1.74 bits per heavy atom. The van der Waals surface area contributed by atoms with Crippen molar-refractivity contribution in [3.8, 4) is 0 Å². The number of hydrogen-bond acceptors (Lipinski definition) is 3. The summed E-state index contributed by atoms with van der Waals surface area (Å²) in [6.45, 7) is 3.06. The van der Waals surface area contributed by atoms with E-state index in [2.05, 4.69) is 10.5 Å². The second-order valence-corrected chi connectivity index (χ2v) is 4.93. The first-order chi connectivity index (χ1) is 11.3. The predicted molar refractivity (Wildman–Crippen MR) is 96.4 cm³/mol. The van der Waals surface area contributed by atoms with Gasteiger partial charge in [0.25, 0.3) is 5.91 Å². The van der Waals surface area contributed by atoms with Gasteiger partial charge in [-0.05, 0) is 30.7 Å². The van der Waals surface area contributed by atoms with Crippen LogP contribution in [-0.4, -0.2) is 25.2 Å². The Morgan fingerprint density at radius 1 is 1.09 bits per heavy atom. The number of likely N-dealkylation sites (N-methyl/N-ethyl adjacent to an activating group) is 1. The van der Waals surface area contributed by atoms with Crippen molar-refractivity contribution in [1.82, 2.24) is 5.43 Å². The molecule has 0 radical (unpaired) electrons. The maximum Gasteiger partial charge on any atom is 0.259 e. The molecule has 0 aliphatic rings. The van der Waals surface area contributed by atoms with E-state index in [1.54, 1.807) is 12.3 Å². The molecule has 4 nitrogen and oxygen atoms in total. The summed E-state index contributed by atoms with van der Waals surface area (Å²) in [5.41, 5.74) is 4.66. The molecule has 0 fully saturated rings. The van der Waals surface area contributed by atoms with E-state index in [-0.39, 0.29) is 12.5 Å². The Hall–Kier alpha value is -2.88. The lowest BCUT2D eigenvalue weighted by molar-refractivity contribution is -0.119. The van der Waals surface area contributed by atoms with E-state index in [0.29, 0.717) is 0 Å². The number of nitrogens with zero attached hydrogens (tertiary/aromatic N) is 2. The maximum absolute atomic E-state index is 11.9. The van der Waals surface area contributed by atoms with Gasteiger partial charge in [-0.2, -0.15) is 5.10 Å². The van der Waals surface area contributed by atoms with E-state index in [0.717, 1.165) is 17.8 Å². The van der Waals surface area contributed by atoms with E-state index in [9.17, 15) is 4.79 Å². The number of rotatable bonds is 7. The number of anilines is 1. The van der Waals surface area contributed by atoms with Gasteiger partial charge in [0.15, 0.2) is 0 Å². The normalized spacial score (nSPS) is 11.0. The molecule has 0 saturated heterocycles. The van der Waals surface area contributed by atoms with Crippen LogP contribution in [0.5, 0.6) is 0 Å². The number of benzene rings is 2. The summed E-state index contributed by atoms with van der Waals surface area (Å²) in [5.74, 6) is -0.139. The minimum atomic E-state index is -0.139. The van der Waals surface area contributed by atoms with Gasteiger partial charge in [-0.25, -0.2) is 5.43 Å². The van der Waals surface area contributed by atoms with Gasteiger partial charge in [0, 0.05) is 18.4 Å². The summed E-state index contributed by atoms with van der Waals surface area (Å²) in [4.78, 5) is 13.9. The van der Waals surface area contributed by atoms with E-state index in [1.165, 1.54) is 0 Å². The largest absolute Gasteiger partial charge is 0.362 e. The summed E-state index contributed by atoms with van der Waals surface area (Å²) in [6.07, 6.45) is 5.30. The van der Waals surface area contributed by atoms with Crippen molar-refractivity contribution in [2.24, 2.45) is 5.10 Å². The lowest BCUT2D eigenvalue weighted by Crippen LogP contribution is -2.35. The van der Waals surface area contributed by atoms with Crippen LogP contribution in [-0.2, 0) is 4.79 Å². The van der Waals surface area contributed by atoms with Gasteiger partial charge in [-0.3, -0.25) is 4.79 Å². The van der Waals surface area contributed by atoms with Crippen molar-refractivity contribution in [2.45, 2.75) is 6.92 Å². The molecular formula is C19H21N3O. The third-order valence-corrected chi connectivity index (χ3v) is 3.28. The molecule has 0 saturated carbocycles. The molecule has 118 valence electrons. The predicted octanol–water partition coefficient (Wildman–Crippen LogP) is 3.33. The highest BCUT2D eigenvalue weighted by atomic mass is 16.2. The number of amides is 1. The number of carbonyl (C=O) groups excluding carboxylic acids is 1. The number of allylic oxidation sites excluding steroid dienone is 1. The molecule has 0 heterocycles. The smallest absolute Gasteiger partial charge is 0.259 e. The van der Waals surface area contributed by atoms with Crippen LogP contribution in [0.1, 0.15) is 12.5 Å². The van der Waals surface area contributed by atoms with Crippen molar-refractivity contribution < 1.29 is 4.79 Å². The molecule has 1 amide bonds. The maximum atomic E-state index is 11.9. The summed E-state index contributed by atoms with van der Waals surface area (Å²) in [6, 6.07) is 19.8. The highest BCUT2D eigenvalue weighted by molar-refractivity contribution is 5.83. The fraction of sp³-hybridized carbons (Fsp3) is 0.158. The Kier molecular flexibility index (Phi) is 6.60. The van der Waals surface area contributed by atoms with Crippen LogP contribution in [0.2, 0.25) is 0 Å². The number of hydrazone groups is 1. The van der Waals surface area contributed by atoms with Gasteiger partial charge in [0.05, 0.1) is 6.54 Å². The zero-order valence-corrected chi connectivity index (χ0v) is 13.2. The summed E-state index contributed by atoms with van der Waals surface area (Å²) >= 11 is 0. The van der Waals surface area contributed by atoms with Crippen LogP contribution < -0.4 is 10.3 Å². The molecule has 0 unspecified atom stereocenters. The zero-order valence-electron chi connectivity index (χ0n) is 13.2. The molecular weight excluding hydrogens is 286 g/mol. The van der Waals surface area contributed by atoms with Gasteiger partial charge in [-0.1, -0.05) is 54.6 Å². The van der Waals surface area contributed by atoms with Gasteiger partial charge in [0.2, 0.25) is 0 Å². The van der Waals surface area contributed by atoms with E-state index >= 15 is 0 Å². The highest BCUT2D eigenvalue weighted by Crippen LogP contribution is 2.11. The first-order valence-electron chi connectivity index (χ1n) is 7.63. The average Bonchev–Trinajstić information content (AvgIpc) is 2.61. The summed E-state index contributed by atoms with van der Waals surface area (Å²) in [7, 11) is 0. The molecule has 2 aromatic rings. The van der Waals surface area contributed by atoms with Crippen molar-refractivity contribution in [3.05, 3.63) is 72.3 Å². The third kappa shape index (κ3) is 5.79. The molecule has 0 aliphatic carbocycles. The Morgan fingerprint density at radius 3 is 2.39 bits per heavy atom. The minimum absolute atomic E-state index is 0.139. The second-order valence-electron chi connectivity index (χ2n) is 4.93. The van der Waals surface area contributed by atoms with Crippen LogP contribution in [0, 0.1) is 0 Å². The van der Waals surface area contributed by atoms with Gasteiger partial charge in [0.1, 0.15) is 0 Å². The molecule has 0 spiro atoms. The van der Waals surface area contributed by atoms with Crippen molar-refractivity contribution >= 4 is 23.9 Å². The zero-order chi connectivity index (χ0) is 16.3. The molecule has 2 rings (SSSR count). The molecule has 2 aromatic carbocycles. The van der Waals surface area contributed by atoms with Crippen LogP contribution in [0.3, 0.4) is 0 Å². The Labute approximate surface area is 137 Å². The standard InChI is InChI=1S/C19H21N3O/c1-2-22(18-13-7-4-8-14-18)16-19(23)21-20-15-9-12-17-10-5-3-6-11-17/h3-15H,2,16H2,1H3,(H,21,23). The van der Waals surface area contributed by atoms with E-state index in [1.807, 2.05) is 78.6 Å². The molecule has 0 aromatic heterocycles. The number of nitrogens with one attached hydrogen (secondary N) is 1. The Bertz CT molecular complexity index is 651. The molecule has 4 heteroatoms. The van der Waals surface area contributed by atoms with Crippen molar-refractivity contribution in [1.29, 1.82) is 0 Å². The number of para-hydroxylation sites is 1. The average molecular weight is 307 g/mol. The van der Waals surface area contributed by atoms with Gasteiger partial charge in [-0.15, -0.1) is 0 Å². The second kappa shape index (κ2) is 9.20. The SMILES string of the molecule is CCN(CC(=O)NN=CC=Cc1ccccc1)c1ccccc1. The fourth-order valence-corrected chi connectivity index (χ4v) is 2.10. The summed E-state index contributed by atoms with van der Waals surface area (Å²) < 4.78 is 0. The van der Waals surface area contributed by atoms with Crippen LogP contribution in [0.25, 0.3) is 6.08 Å². The summed E-state index contributed by atoms with van der Waals surface area (Å²) in [5, 5.41) is 3.93. The first-order valence-corrected chi connectivity index (χ1v) is 7.63. The fourth-order valence-electron chi connectivity index (χ4n) is 2.10. The van der Waals surface area contributed by atoms with Crippen LogP contribution >= 0.6 is 0 Å². The topological polar surface area (TPSA) is 44.7 Å². The quantitative estimate of drug-likeness (QED) is 0.630. The lowest BCUT2D eigenvalue weighted by Gasteiger charge is -2.21. The molecule has 1 N–H and O–H groups in total. The van der Waals surface area contributed by atoms with Gasteiger partial charge < -0.3 is 4.90 Å². The van der Waals surface area contributed by atoms with E-state index in [4.69, 9.17) is 0 Å². The molecule has 0 aliphatic heterocycles. The number of hydrogen-bond donors (Lipinski definition) is 1. The Balaban J connectivity index is 1.80. The number of carbonyl (C=O) groups is 1. The molecule has 23 heavy (non-hydrogen) atoms. The van der Waals surface area contributed by atoms with Crippen molar-refractivity contribution in [2.75, 3.05) is 18.0 Å². The monoisotopic (exact) mass is 307 g/mol. The first kappa shape index (κ1) is 16.5. The van der Waals surface area contributed by atoms with Gasteiger partial charge >= 0.3 is 0 Å². The molecule has 0 bridgehead atoms. The molecule has 0 atom stereocenters. The highest BCUT2D eigenvalue weighted by Gasteiger charge is 2.08. The van der Waals surface area contributed by atoms with Crippen LogP contribution in [0.4, 0.5) is 5.69 Å². The van der Waals surface area contributed by atoms with Crippen LogP contribution in [0.15, 0.2) is 71.8 Å². The van der Waals surface area contributed by atoms with E-state index < -0.39 is 0 Å². The third-order valence-electron chi connectivity index (χ3n) is 3.28.